The highest BCUT2D eigenvalue weighted by molar-refractivity contribution is 6.17. The molecule has 4 heterocycles. The third-order valence-electron chi connectivity index (χ3n) is 11.5. The molecule has 6 heteroatoms. The molecular weight excluding hydrogens is 685 g/mol. The SMILES string of the molecule is C1=CC2N=C(c3ccccc3)N3c4ccccc4-c4cccc5c4c(c1n5-c1ccc(-c4nc(-c5ccccc5)nc(-c5ccc6ccccc6c5)n4)cc1)C23. The topological polar surface area (TPSA) is 59.2 Å². The van der Waals surface area contributed by atoms with Gasteiger partial charge in [-0.3, -0.25) is 4.99 Å². The number of benzene rings is 7. The summed E-state index contributed by atoms with van der Waals surface area (Å²) in [5, 5.41) is 3.62. The molecule has 2 unspecified atom stereocenters. The molecule has 2 aliphatic heterocycles. The van der Waals surface area contributed by atoms with Gasteiger partial charge in [0.25, 0.3) is 0 Å². The summed E-state index contributed by atoms with van der Waals surface area (Å²) in [4.78, 5) is 23.0. The molecule has 3 aliphatic rings. The van der Waals surface area contributed by atoms with Gasteiger partial charge in [0.2, 0.25) is 0 Å². The van der Waals surface area contributed by atoms with Crippen LogP contribution in [0.5, 0.6) is 0 Å². The Labute approximate surface area is 323 Å². The fraction of sp³-hybridized carbons (Fsp3) is 0.0400. The zero-order valence-corrected chi connectivity index (χ0v) is 30.2. The Kier molecular flexibility index (Phi) is 6.65. The molecule has 9 aromatic rings. The fourth-order valence-electron chi connectivity index (χ4n) is 8.97. The van der Waals surface area contributed by atoms with Crippen molar-refractivity contribution in [3.8, 4) is 51.0 Å². The van der Waals surface area contributed by atoms with Gasteiger partial charge in [-0.05, 0) is 64.9 Å². The smallest absolute Gasteiger partial charge is 0.164 e. The maximum atomic E-state index is 5.39. The zero-order chi connectivity index (χ0) is 36.7. The van der Waals surface area contributed by atoms with E-state index in [9.17, 15) is 0 Å². The van der Waals surface area contributed by atoms with Crippen molar-refractivity contribution >= 4 is 39.3 Å². The molecule has 0 radical (unpaired) electrons. The van der Waals surface area contributed by atoms with Crippen LogP contribution in [-0.2, 0) is 0 Å². The lowest BCUT2D eigenvalue weighted by atomic mass is 9.90. The van der Waals surface area contributed by atoms with E-state index in [1.54, 1.807) is 0 Å². The number of anilines is 1. The standard InChI is InChI=1S/C50H32N6/c1-3-13-32(14-4-1)47-52-48(54-49(53-47)36-23-22-31-12-7-8-17-35(31)30-36)33-24-26-37(27-25-33)55-42-21-11-19-39-38-18-9-10-20-41(38)56-46-40(28-29-43(55)45(46)44(39)42)51-50(56)34-15-5-2-6-16-34/h1-30,40,46H. The third-order valence-corrected chi connectivity index (χ3v) is 11.5. The monoisotopic (exact) mass is 716 g/mol. The van der Waals surface area contributed by atoms with Gasteiger partial charge in [0.05, 0.1) is 29.0 Å². The second-order valence-electron chi connectivity index (χ2n) is 14.6. The van der Waals surface area contributed by atoms with E-state index in [1.807, 2.05) is 30.3 Å². The number of nitrogens with zero attached hydrogens (tertiary/aromatic N) is 6. The van der Waals surface area contributed by atoms with E-state index in [1.165, 1.54) is 44.4 Å². The highest BCUT2D eigenvalue weighted by Gasteiger charge is 2.45. The van der Waals surface area contributed by atoms with Crippen molar-refractivity contribution in [1.29, 1.82) is 0 Å². The number of para-hydroxylation sites is 1. The minimum atomic E-state index is -0.00204. The van der Waals surface area contributed by atoms with Crippen LogP contribution in [0, 0.1) is 0 Å². The lowest BCUT2D eigenvalue weighted by Crippen LogP contribution is -2.34. The molecule has 7 aromatic carbocycles. The Morgan fingerprint density at radius 3 is 1.89 bits per heavy atom. The van der Waals surface area contributed by atoms with Gasteiger partial charge in [-0.15, -0.1) is 0 Å². The summed E-state index contributed by atoms with van der Waals surface area (Å²) < 4.78 is 2.42. The molecule has 262 valence electrons. The van der Waals surface area contributed by atoms with Gasteiger partial charge in [-0.2, -0.15) is 0 Å². The number of fused-ring (bicyclic) bond motifs is 4. The molecule has 0 N–H and O–H groups in total. The number of aromatic nitrogens is 4. The second kappa shape index (κ2) is 12.0. The van der Waals surface area contributed by atoms with E-state index in [-0.39, 0.29) is 12.1 Å². The van der Waals surface area contributed by atoms with E-state index in [4.69, 9.17) is 19.9 Å². The van der Waals surface area contributed by atoms with Gasteiger partial charge >= 0.3 is 0 Å². The molecule has 0 spiro atoms. The van der Waals surface area contributed by atoms with E-state index in [0.29, 0.717) is 17.5 Å². The van der Waals surface area contributed by atoms with Crippen LogP contribution in [0.3, 0.4) is 0 Å². The van der Waals surface area contributed by atoms with Crippen molar-refractivity contribution < 1.29 is 0 Å². The first-order chi connectivity index (χ1) is 27.8. The normalized spacial score (nSPS) is 16.2. The number of hydrogen-bond donors (Lipinski definition) is 0. The summed E-state index contributed by atoms with van der Waals surface area (Å²) in [7, 11) is 0. The van der Waals surface area contributed by atoms with Crippen LogP contribution < -0.4 is 4.90 Å². The van der Waals surface area contributed by atoms with Crippen molar-refractivity contribution in [1.82, 2.24) is 19.5 Å². The number of amidine groups is 1. The molecule has 2 atom stereocenters. The Morgan fingerprint density at radius 2 is 1.11 bits per heavy atom. The lowest BCUT2D eigenvalue weighted by Gasteiger charge is -2.32. The van der Waals surface area contributed by atoms with Crippen LogP contribution in [0.1, 0.15) is 22.9 Å². The van der Waals surface area contributed by atoms with Crippen LogP contribution in [0.4, 0.5) is 5.69 Å². The van der Waals surface area contributed by atoms with Gasteiger partial charge in [0.15, 0.2) is 17.5 Å². The van der Waals surface area contributed by atoms with Crippen molar-refractivity contribution in [3.05, 3.63) is 193 Å². The lowest BCUT2D eigenvalue weighted by molar-refractivity contribution is 0.670. The van der Waals surface area contributed by atoms with Gasteiger partial charge in [0, 0.05) is 44.5 Å². The first kappa shape index (κ1) is 31.0. The molecule has 0 amide bonds. The minimum Gasteiger partial charge on any atom is -0.315 e. The molecule has 0 saturated heterocycles. The zero-order valence-electron chi connectivity index (χ0n) is 30.2. The van der Waals surface area contributed by atoms with Crippen molar-refractivity contribution in [2.75, 3.05) is 4.90 Å². The summed E-state index contributed by atoms with van der Waals surface area (Å²) in [5.41, 5.74) is 12.4. The highest BCUT2D eigenvalue weighted by Crippen LogP contribution is 2.54. The van der Waals surface area contributed by atoms with Gasteiger partial charge in [-0.25, -0.2) is 15.0 Å². The van der Waals surface area contributed by atoms with E-state index < -0.39 is 0 Å². The maximum Gasteiger partial charge on any atom is 0.164 e. The predicted molar refractivity (Wildman–Crippen MR) is 227 cm³/mol. The van der Waals surface area contributed by atoms with Crippen LogP contribution in [0.15, 0.2) is 181 Å². The molecule has 0 bridgehead atoms. The molecule has 12 rings (SSSR count). The molecular formula is C50H32N6. The van der Waals surface area contributed by atoms with E-state index >= 15 is 0 Å². The average Bonchev–Trinajstić information content (AvgIpc) is 3.79. The Hall–Kier alpha value is -7.44. The average molecular weight is 717 g/mol. The first-order valence-corrected chi connectivity index (χ1v) is 19.1. The third kappa shape index (κ3) is 4.62. The largest absolute Gasteiger partial charge is 0.315 e. The summed E-state index contributed by atoms with van der Waals surface area (Å²) in [5.74, 6) is 2.94. The summed E-state index contributed by atoms with van der Waals surface area (Å²) in [6.45, 7) is 0. The maximum absolute atomic E-state index is 5.39. The van der Waals surface area contributed by atoms with Gasteiger partial charge in [0.1, 0.15) is 5.84 Å². The minimum absolute atomic E-state index is 0.00204. The Morgan fingerprint density at radius 1 is 0.482 bits per heavy atom. The predicted octanol–water partition coefficient (Wildman–Crippen LogP) is 11.4. The molecule has 1 aliphatic carbocycles. The van der Waals surface area contributed by atoms with Crippen LogP contribution >= 0.6 is 0 Å². The van der Waals surface area contributed by atoms with Crippen LogP contribution in [0.2, 0.25) is 0 Å². The quantitative estimate of drug-likeness (QED) is 0.178. The molecule has 6 nitrogen and oxygen atoms in total. The van der Waals surface area contributed by atoms with E-state index in [0.717, 1.165) is 39.2 Å². The molecule has 0 saturated carbocycles. The molecule has 56 heavy (non-hydrogen) atoms. The summed E-state index contributed by atoms with van der Waals surface area (Å²) >= 11 is 0. The van der Waals surface area contributed by atoms with Crippen molar-refractivity contribution in [2.24, 2.45) is 4.99 Å². The first-order valence-electron chi connectivity index (χ1n) is 19.1. The molecule has 2 aromatic heterocycles. The van der Waals surface area contributed by atoms with Gasteiger partial charge in [-0.1, -0.05) is 133 Å². The summed E-state index contributed by atoms with van der Waals surface area (Å²) in [6, 6.07) is 59.7. The fourth-order valence-corrected chi connectivity index (χ4v) is 8.97. The number of rotatable bonds is 5. The van der Waals surface area contributed by atoms with Crippen LogP contribution in [0.25, 0.3) is 78.7 Å². The van der Waals surface area contributed by atoms with Crippen molar-refractivity contribution in [3.63, 3.8) is 0 Å². The Balaban J connectivity index is 1.01. The number of aliphatic imine (C=N–C) groups is 1. The molecule has 0 fully saturated rings. The highest BCUT2D eigenvalue weighted by atomic mass is 15.3. The van der Waals surface area contributed by atoms with Crippen molar-refractivity contribution in [2.45, 2.75) is 12.1 Å². The number of hydrogen-bond acceptors (Lipinski definition) is 5. The van der Waals surface area contributed by atoms with E-state index in [2.05, 4.69) is 161 Å². The second-order valence-corrected chi connectivity index (χ2v) is 14.6. The van der Waals surface area contributed by atoms with Gasteiger partial charge < -0.3 is 9.47 Å². The Bertz CT molecular complexity index is 3090. The van der Waals surface area contributed by atoms with Crippen LogP contribution in [-0.4, -0.2) is 31.4 Å². The summed E-state index contributed by atoms with van der Waals surface area (Å²) in [6.07, 6.45) is 4.57.